The molecule has 0 amide bonds. The summed E-state index contributed by atoms with van der Waals surface area (Å²) in [5.41, 5.74) is 0.377. The van der Waals surface area contributed by atoms with Crippen LogP contribution in [0.25, 0.3) is 0 Å². The predicted octanol–water partition coefficient (Wildman–Crippen LogP) is 2.16. The van der Waals surface area contributed by atoms with Gasteiger partial charge in [-0.15, -0.1) is 0 Å². The number of nitrogens with zero attached hydrogens (tertiary/aromatic N) is 3. The highest BCUT2D eigenvalue weighted by molar-refractivity contribution is 5.80. The number of likely N-dealkylation sites (tertiary alicyclic amines) is 1. The van der Waals surface area contributed by atoms with E-state index < -0.39 is 0 Å². The van der Waals surface area contributed by atoms with Gasteiger partial charge in [-0.05, 0) is 30.9 Å². The van der Waals surface area contributed by atoms with Gasteiger partial charge >= 0.3 is 0 Å². The minimum Gasteiger partial charge on any atom is -0.490 e. The molecule has 116 valence electrons. The Hall–Kier alpha value is -1.78. The first kappa shape index (κ1) is 15.6. The third kappa shape index (κ3) is 4.92. The van der Waals surface area contributed by atoms with Gasteiger partial charge < -0.3 is 15.0 Å². The third-order valence-corrected chi connectivity index (χ3v) is 3.57. The summed E-state index contributed by atoms with van der Waals surface area (Å²) < 4.78 is 5.62. The maximum Gasteiger partial charge on any atom is 0.194 e. The average Bonchev–Trinajstić information content (AvgIpc) is 2.83. The molecule has 0 aromatic carbocycles. The van der Waals surface area contributed by atoms with Crippen LogP contribution in [-0.2, 0) is 0 Å². The van der Waals surface area contributed by atoms with Crippen molar-refractivity contribution in [3.05, 3.63) is 24.5 Å². The largest absolute Gasteiger partial charge is 0.490 e. The summed E-state index contributed by atoms with van der Waals surface area (Å²) in [5, 5.41) is 3.37. The Balaban J connectivity index is 1.83. The normalized spacial score (nSPS) is 17.9. The zero-order chi connectivity index (χ0) is 15.1. The van der Waals surface area contributed by atoms with Gasteiger partial charge in [0, 0.05) is 25.8 Å². The number of aromatic nitrogens is 1. The molecule has 5 nitrogen and oxygen atoms in total. The zero-order valence-corrected chi connectivity index (χ0v) is 13.3. The number of nitrogens with one attached hydrogen (secondary N) is 1. The topological polar surface area (TPSA) is 49.8 Å². The summed E-state index contributed by atoms with van der Waals surface area (Å²) >= 11 is 0. The number of pyridine rings is 1. The molecular weight excluding hydrogens is 264 g/mol. The standard InChI is InChI=1S/C16H26N4O/c1-4-18-15(20-10-7-16(2,3)13-20)19-9-11-21-14-6-5-8-17-12-14/h5-6,8,12H,4,7,9-11,13H2,1-3H3,(H,18,19). The van der Waals surface area contributed by atoms with E-state index in [1.165, 1.54) is 6.42 Å². The molecule has 0 spiro atoms. The Morgan fingerprint density at radius 2 is 2.38 bits per heavy atom. The lowest BCUT2D eigenvalue weighted by molar-refractivity contribution is 0.325. The average molecular weight is 290 g/mol. The molecule has 1 aliphatic heterocycles. The number of ether oxygens (including phenoxy) is 1. The lowest BCUT2D eigenvalue weighted by Crippen LogP contribution is -2.41. The van der Waals surface area contributed by atoms with Crippen LogP contribution in [0.4, 0.5) is 0 Å². The van der Waals surface area contributed by atoms with Crippen molar-refractivity contribution in [2.45, 2.75) is 27.2 Å². The van der Waals surface area contributed by atoms with Crippen molar-refractivity contribution in [1.29, 1.82) is 0 Å². The summed E-state index contributed by atoms with van der Waals surface area (Å²) in [6, 6.07) is 3.78. The second-order valence-electron chi connectivity index (χ2n) is 6.11. The predicted molar refractivity (Wildman–Crippen MR) is 85.7 cm³/mol. The first-order valence-electron chi connectivity index (χ1n) is 7.67. The van der Waals surface area contributed by atoms with Gasteiger partial charge in [-0.1, -0.05) is 13.8 Å². The van der Waals surface area contributed by atoms with Gasteiger partial charge in [0.25, 0.3) is 0 Å². The summed E-state index contributed by atoms with van der Waals surface area (Å²) in [6.45, 7) is 10.9. The van der Waals surface area contributed by atoms with Crippen molar-refractivity contribution in [1.82, 2.24) is 15.2 Å². The van der Waals surface area contributed by atoms with Gasteiger partial charge in [0.15, 0.2) is 5.96 Å². The van der Waals surface area contributed by atoms with Gasteiger partial charge in [0.2, 0.25) is 0 Å². The Morgan fingerprint density at radius 1 is 1.52 bits per heavy atom. The molecule has 1 aromatic heterocycles. The summed E-state index contributed by atoms with van der Waals surface area (Å²) in [7, 11) is 0. The van der Waals surface area contributed by atoms with Crippen LogP contribution < -0.4 is 10.1 Å². The Morgan fingerprint density at radius 3 is 3.00 bits per heavy atom. The molecular formula is C16H26N4O. The van der Waals surface area contributed by atoms with E-state index in [-0.39, 0.29) is 0 Å². The molecule has 1 aliphatic rings. The fourth-order valence-electron chi connectivity index (χ4n) is 2.47. The first-order valence-corrected chi connectivity index (χ1v) is 7.67. The van der Waals surface area contributed by atoms with Crippen molar-refractivity contribution < 1.29 is 4.74 Å². The molecule has 1 fully saturated rings. The SMILES string of the molecule is CCNC(=NCCOc1cccnc1)N1CCC(C)(C)C1. The molecule has 0 atom stereocenters. The lowest BCUT2D eigenvalue weighted by Gasteiger charge is -2.23. The second kappa shape index (κ2) is 7.29. The maximum absolute atomic E-state index is 5.62. The van der Waals surface area contributed by atoms with Gasteiger partial charge in [-0.3, -0.25) is 4.98 Å². The van der Waals surface area contributed by atoms with Crippen molar-refractivity contribution in [3.63, 3.8) is 0 Å². The highest BCUT2D eigenvalue weighted by atomic mass is 16.5. The van der Waals surface area contributed by atoms with E-state index in [4.69, 9.17) is 4.74 Å². The van der Waals surface area contributed by atoms with Crippen molar-refractivity contribution in [2.24, 2.45) is 10.4 Å². The molecule has 2 heterocycles. The van der Waals surface area contributed by atoms with Gasteiger partial charge in [0.05, 0.1) is 12.7 Å². The van der Waals surface area contributed by atoms with Gasteiger partial charge in [-0.2, -0.15) is 0 Å². The molecule has 0 saturated carbocycles. The van der Waals surface area contributed by atoms with Crippen LogP contribution in [0.3, 0.4) is 0 Å². The minimum absolute atomic E-state index is 0.377. The highest BCUT2D eigenvalue weighted by Crippen LogP contribution is 2.28. The number of rotatable bonds is 5. The molecule has 21 heavy (non-hydrogen) atoms. The van der Waals surface area contributed by atoms with E-state index in [0.29, 0.717) is 18.6 Å². The minimum atomic E-state index is 0.377. The fraction of sp³-hybridized carbons (Fsp3) is 0.625. The smallest absolute Gasteiger partial charge is 0.194 e. The van der Waals surface area contributed by atoms with Crippen LogP contribution >= 0.6 is 0 Å². The molecule has 1 saturated heterocycles. The van der Waals surface area contributed by atoms with E-state index >= 15 is 0 Å². The van der Waals surface area contributed by atoms with Crippen LogP contribution in [-0.4, -0.2) is 48.6 Å². The maximum atomic E-state index is 5.62. The molecule has 1 aromatic rings. The summed E-state index contributed by atoms with van der Waals surface area (Å²) in [6.07, 6.45) is 4.67. The highest BCUT2D eigenvalue weighted by Gasteiger charge is 2.30. The number of aliphatic imine (C=N–C) groups is 1. The molecule has 2 rings (SSSR count). The number of hydrogen-bond acceptors (Lipinski definition) is 3. The Bertz CT molecular complexity index is 459. The molecule has 0 aliphatic carbocycles. The van der Waals surface area contributed by atoms with E-state index in [1.807, 2.05) is 12.1 Å². The van der Waals surface area contributed by atoms with Crippen molar-refractivity contribution in [3.8, 4) is 5.75 Å². The summed E-state index contributed by atoms with van der Waals surface area (Å²) in [5.74, 6) is 1.79. The van der Waals surface area contributed by atoms with E-state index in [0.717, 1.165) is 31.3 Å². The number of hydrogen-bond donors (Lipinski definition) is 1. The third-order valence-electron chi connectivity index (χ3n) is 3.57. The van der Waals surface area contributed by atoms with E-state index in [1.54, 1.807) is 12.4 Å². The number of guanidine groups is 1. The van der Waals surface area contributed by atoms with Crippen LogP contribution in [0.5, 0.6) is 5.75 Å². The molecule has 0 bridgehead atoms. The monoisotopic (exact) mass is 290 g/mol. The lowest BCUT2D eigenvalue weighted by atomic mass is 9.93. The van der Waals surface area contributed by atoms with Crippen LogP contribution in [0.2, 0.25) is 0 Å². The van der Waals surface area contributed by atoms with Crippen LogP contribution in [0.1, 0.15) is 27.2 Å². The first-order chi connectivity index (χ1) is 10.1. The Labute approximate surface area is 127 Å². The molecule has 0 radical (unpaired) electrons. The molecule has 0 unspecified atom stereocenters. The van der Waals surface area contributed by atoms with Crippen molar-refractivity contribution >= 4 is 5.96 Å². The second-order valence-corrected chi connectivity index (χ2v) is 6.11. The summed E-state index contributed by atoms with van der Waals surface area (Å²) in [4.78, 5) is 11.0. The van der Waals surface area contributed by atoms with Gasteiger partial charge in [-0.25, -0.2) is 4.99 Å². The van der Waals surface area contributed by atoms with Gasteiger partial charge in [0.1, 0.15) is 12.4 Å². The van der Waals surface area contributed by atoms with E-state index in [2.05, 4.69) is 41.0 Å². The quantitative estimate of drug-likeness (QED) is 0.513. The molecule has 1 N–H and O–H groups in total. The Kier molecular flexibility index (Phi) is 5.42. The van der Waals surface area contributed by atoms with Crippen LogP contribution in [0, 0.1) is 5.41 Å². The molecule has 5 heteroatoms. The zero-order valence-electron chi connectivity index (χ0n) is 13.3. The fourth-order valence-corrected chi connectivity index (χ4v) is 2.47. The van der Waals surface area contributed by atoms with Crippen molar-refractivity contribution in [2.75, 3.05) is 32.8 Å². The van der Waals surface area contributed by atoms with E-state index in [9.17, 15) is 0 Å². The van der Waals surface area contributed by atoms with Crippen LogP contribution in [0.15, 0.2) is 29.5 Å².